The molecule has 4 rings (SSSR count). The lowest BCUT2D eigenvalue weighted by atomic mass is 9.97. The molecule has 0 radical (unpaired) electrons. The van der Waals surface area contributed by atoms with E-state index in [0.717, 1.165) is 10.4 Å². The first-order valence-corrected chi connectivity index (χ1v) is 13.2. The maximum atomic E-state index is 13.4. The summed E-state index contributed by atoms with van der Waals surface area (Å²) in [6.07, 6.45) is 4.32. The maximum absolute atomic E-state index is 13.4. The van der Waals surface area contributed by atoms with Gasteiger partial charge in [-0.1, -0.05) is 41.0 Å². The number of carbonyl (C=O) groups excluding carboxylic acids is 1. The van der Waals surface area contributed by atoms with Crippen LogP contribution in [0.1, 0.15) is 34.7 Å². The molecule has 3 aromatic rings. The Bertz CT molecular complexity index is 1240. The van der Waals surface area contributed by atoms with E-state index >= 15 is 0 Å². The summed E-state index contributed by atoms with van der Waals surface area (Å²) in [7, 11) is -3.80. The molecule has 0 atom stereocenters. The van der Waals surface area contributed by atoms with Crippen LogP contribution in [-0.2, 0) is 21.4 Å². The van der Waals surface area contributed by atoms with E-state index in [0.29, 0.717) is 30.1 Å². The van der Waals surface area contributed by atoms with Gasteiger partial charge in [0.2, 0.25) is 15.9 Å². The van der Waals surface area contributed by atoms with Crippen LogP contribution in [0.15, 0.2) is 51.2 Å². The predicted molar refractivity (Wildman–Crippen MR) is 129 cm³/mol. The highest BCUT2D eigenvalue weighted by molar-refractivity contribution is 7.89. The second kappa shape index (κ2) is 10.2. The number of carbonyl (C=O) groups is 1. The third-order valence-electron chi connectivity index (χ3n) is 5.61. The fourth-order valence-corrected chi connectivity index (χ4v) is 6.34. The van der Waals surface area contributed by atoms with E-state index in [9.17, 15) is 13.2 Å². The zero-order valence-electron chi connectivity index (χ0n) is 18.0. The molecule has 1 aliphatic rings. The van der Waals surface area contributed by atoms with Gasteiger partial charge in [0.1, 0.15) is 5.69 Å². The number of rotatable bonds is 7. The lowest BCUT2D eigenvalue weighted by Crippen LogP contribution is -2.43. The van der Waals surface area contributed by atoms with Crippen LogP contribution < -0.4 is 5.32 Å². The molecule has 0 aliphatic carbocycles. The molecule has 33 heavy (non-hydrogen) atoms. The number of piperidine rings is 1. The Kier molecular flexibility index (Phi) is 7.33. The molecule has 1 saturated heterocycles. The number of aromatic nitrogens is 1. The molecule has 1 aromatic carbocycles. The summed E-state index contributed by atoms with van der Waals surface area (Å²) >= 11 is 7.69. The molecule has 10 heteroatoms. The van der Waals surface area contributed by atoms with E-state index in [1.54, 1.807) is 36.5 Å². The zero-order valence-corrected chi connectivity index (χ0v) is 20.4. The minimum Gasteiger partial charge on any atom is -0.355 e. The van der Waals surface area contributed by atoms with Crippen molar-refractivity contribution in [3.63, 3.8) is 0 Å². The van der Waals surface area contributed by atoms with Crippen molar-refractivity contribution in [2.75, 3.05) is 13.1 Å². The molecule has 0 unspecified atom stereocenters. The van der Waals surface area contributed by atoms with Crippen LogP contribution in [0, 0.1) is 12.8 Å². The van der Waals surface area contributed by atoms with Crippen molar-refractivity contribution in [1.29, 1.82) is 0 Å². The van der Waals surface area contributed by atoms with E-state index < -0.39 is 10.0 Å². The average molecular weight is 506 g/mol. The quantitative estimate of drug-likeness (QED) is 0.507. The molecular weight excluding hydrogens is 482 g/mol. The number of benzene rings is 1. The summed E-state index contributed by atoms with van der Waals surface area (Å²) in [6.45, 7) is 2.47. The lowest BCUT2D eigenvalue weighted by Gasteiger charge is -2.30. The Morgan fingerprint density at radius 2 is 2.00 bits per heavy atom. The van der Waals surface area contributed by atoms with Crippen LogP contribution in [0.4, 0.5) is 0 Å². The number of nitrogens with one attached hydrogen (secondary N) is 1. The Labute approximate surface area is 202 Å². The van der Waals surface area contributed by atoms with Gasteiger partial charge >= 0.3 is 0 Å². The van der Waals surface area contributed by atoms with Crippen LogP contribution in [0.2, 0.25) is 5.02 Å². The second-order valence-electron chi connectivity index (χ2n) is 7.80. The Balaban J connectivity index is 1.40. The van der Waals surface area contributed by atoms with Crippen molar-refractivity contribution < 1.29 is 17.7 Å². The topological polar surface area (TPSA) is 92.5 Å². The van der Waals surface area contributed by atoms with Crippen LogP contribution in [0.5, 0.6) is 0 Å². The monoisotopic (exact) mass is 505 g/mol. The molecule has 174 valence electrons. The number of sulfonamides is 1. The molecule has 1 N–H and O–H groups in total. The molecule has 0 saturated carbocycles. The highest BCUT2D eigenvalue weighted by Gasteiger charge is 2.35. The molecule has 0 spiro atoms. The fourth-order valence-electron chi connectivity index (χ4n) is 3.80. The van der Waals surface area contributed by atoms with Gasteiger partial charge in [0, 0.05) is 35.5 Å². The van der Waals surface area contributed by atoms with Crippen LogP contribution in [-0.4, -0.2) is 36.9 Å². The largest absolute Gasteiger partial charge is 0.355 e. The van der Waals surface area contributed by atoms with Gasteiger partial charge in [-0.3, -0.25) is 4.79 Å². The van der Waals surface area contributed by atoms with Gasteiger partial charge in [-0.05, 0) is 55.0 Å². The number of hydrogen-bond donors (Lipinski definition) is 1. The first kappa shape index (κ1) is 23.7. The van der Waals surface area contributed by atoms with Crippen LogP contribution in [0.25, 0.3) is 12.2 Å². The zero-order chi connectivity index (χ0) is 23.4. The molecule has 3 heterocycles. The average Bonchev–Trinajstić information content (AvgIpc) is 3.46. The predicted octanol–water partition coefficient (Wildman–Crippen LogP) is 4.59. The minimum atomic E-state index is -3.80. The molecule has 2 aromatic heterocycles. The summed E-state index contributed by atoms with van der Waals surface area (Å²) in [5.41, 5.74) is 1.17. The van der Waals surface area contributed by atoms with Gasteiger partial charge in [-0.15, -0.1) is 11.3 Å². The SMILES string of the molecule is Cc1noc(/C=C/c2cccs2)c1S(=O)(=O)N1CCC(C(=O)NCc2ccccc2Cl)CC1. The van der Waals surface area contributed by atoms with Crippen molar-refractivity contribution in [1.82, 2.24) is 14.8 Å². The fraction of sp³-hybridized carbons (Fsp3) is 0.304. The van der Waals surface area contributed by atoms with Crippen molar-refractivity contribution in [2.24, 2.45) is 5.92 Å². The van der Waals surface area contributed by atoms with Crippen LogP contribution in [0.3, 0.4) is 0 Å². The minimum absolute atomic E-state index is 0.0805. The van der Waals surface area contributed by atoms with Crippen molar-refractivity contribution in [3.05, 3.63) is 68.7 Å². The van der Waals surface area contributed by atoms with Crippen molar-refractivity contribution >= 4 is 51.0 Å². The molecule has 0 bridgehead atoms. The molecule has 7 nitrogen and oxygen atoms in total. The summed E-state index contributed by atoms with van der Waals surface area (Å²) in [5.74, 6) is -0.131. The van der Waals surface area contributed by atoms with E-state index in [4.69, 9.17) is 16.1 Å². The Hall–Kier alpha value is -2.46. The number of hydrogen-bond acceptors (Lipinski definition) is 6. The van der Waals surface area contributed by atoms with Crippen molar-refractivity contribution in [2.45, 2.75) is 31.2 Å². The van der Waals surface area contributed by atoms with Gasteiger partial charge in [-0.25, -0.2) is 8.42 Å². The summed E-state index contributed by atoms with van der Waals surface area (Å²) in [4.78, 5) is 13.7. The molecule has 1 fully saturated rings. The normalized spacial score (nSPS) is 15.8. The van der Waals surface area contributed by atoms with Gasteiger partial charge in [0.15, 0.2) is 10.7 Å². The van der Waals surface area contributed by atoms with Gasteiger partial charge in [-0.2, -0.15) is 4.31 Å². The van der Waals surface area contributed by atoms with Gasteiger partial charge < -0.3 is 9.84 Å². The van der Waals surface area contributed by atoms with E-state index in [1.807, 2.05) is 35.7 Å². The van der Waals surface area contributed by atoms with Gasteiger partial charge in [0.05, 0.1) is 0 Å². The molecule has 1 aliphatic heterocycles. The molecular formula is C23H24ClN3O4S2. The third kappa shape index (κ3) is 5.38. The van der Waals surface area contributed by atoms with Crippen molar-refractivity contribution in [3.8, 4) is 0 Å². The summed E-state index contributed by atoms with van der Waals surface area (Å²) < 4.78 is 33.4. The van der Waals surface area contributed by atoms with Crippen LogP contribution >= 0.6 is 22.9 Å². The Morgan fingerprint density at radius 3 is 2.70 bits per heavy atom. The highest BCUT2D eigenvalue weighted by atomic mass is 35.5. The second-order valence-corrected chi connectivity index (χ2v) is 11.1. The number of halogens is 1. The lowest BCUT2D eigenvalue weighted by molar-refractivity contribution is -0.126. The highest BCUT2D eigenvalue weighted by Crippen LogP contribution is 2.29. The first-order chi connectivity index (χ1) is 15.9. The number of nitrogens with zero attached hydrogens (tertiary/aromatic N) is 2. The van der Waals surface area contributed by atoms with E-state index in [2.05, 4.69) is 10.5 Å². The molecule has 1 amide bonds. The number of thiophene rings is 1. The first-order valence-electron chi connectivity index (χ1n) is 10.6. The third-order valence-corrected chi connectivity index (χ3v) is 8.87. The smallest absolute Gasteiger partial charge is 0.248 e. The summed E-state index contributed by atoms with van der Waals surface area (Å²) in [6, 6.07) is 11.2. The van der Waals surface area contributed by atoms with E-state index in [1.165, 1.54) is 4.31 Å². The Morgan fingerprint density at radius 1 is 1.24 bits per heavy atom. The number of aryl methyl sites for hydroxylation is 1. The maximum Gasteiger partial charge on any atom is 0.248 e. The standard InChI is InChI=1S/C23H24ClN3O4S2/c1-16-22(21(31-26-16)9-8-19-6-4-14-32-19)33(29,30)27-12-10-17(11-13-27)23(28)25-15-18-5-2-3-7-20(18)24/h2-9,14,17H,10-13,15H2,1H3,(H,25,28)/b9-8+. The number of amides is 1. The summed E-state index contributed by atoms with van der Waals surface area (Å²) in [5, 5.41) is 9.34. The van der Waals surface area contributed by atoms with E-state index in [-0.39, 0.29) is 35.6 Å². The van der Waals surface area contributed by atoms with Gasteiger partial charge in [0.25, 0.3) is 0 Å².